The van der Waals surface area contributed by atoms with Crippen LogP contribution in [0.3, 0.4) is 0 Å². The summed E-state index contributed by atoms with van der Waals surface area (Å²) >= 11 is 1.69. The Balaban J connectivity index is 2.03. The van der Waals surface area contributed by atoms with E-state index in [0.717, 1.165) is 11.2 Å². The standard InChI is InChI=1S/C13H18N2O2S/c1-13(16,5-7-17-2)9-15-12-10-4-8-18-11(10)3-6-14-12/h3-4,6,8,16H,5,7,9H2,1-2H3,(H,14,15). The maximum absolute atomic E-state index is 10.2. The maximum atomic E-state index is 10.2. The van der Waals surface area contributed by atoms with Gasteiger partial charge < -0.3 is 15.2 Å². The van der Waals surface area contributed by atoms with E-state index >= 15 is 0 Å². The van der Waals surface area contributed by atoms with Crippen LogP contribution in [0.15, 0.2) is 23.7 Å². The van der Waals surface area contributed by atoms with E-state index in [1.54, 1.807) is 31.6 Å². The number of rotatable bonds is 6. The summed E-state index contributed by atoms with van der Waals surface area (Å²) in [5.74, 6) is 0.825. The van der Waals surface area contributed by atoms with Crippen molar-refractivity contribution in [2.75, 3.05) is 25.6 Å². The van der Waals surface area contributed by atoms with E-state index in [4.69, 9.17) is 4.74 Å². The second kappa shape index (κ2) is 5.65. The molecule has 0 fully saturated rings. The monoisotopic (exact) mass is 266 g/mol. The molecule has 18 heavy (non-hydrogen) atoms. The summed E-state index contributed by atoms with van der Waals surface area (Å²) in [5.41, 5.74) is -0.796. The van der Waals surface area contributed by atoms with Crippen LogP contribution in [0, 0.1) is 0 Å². The van der Waals surface area contributed by atoms with E-state index < -0.39 is 5.60 Å². The SMILES string of the molecule is COCCC(C)(O)CNc1nccc2sccc12. The van der Waals surface area contributed by atoms with Crippen LogP contribution in [0.1, 0.15) is 13.3 Å². The highest BCUT2D eigenvalue weighted by Crippen LogP contribution is 2.26. The van der Waals surface area contributed by atoms with Gasteiger partial charge in [0.05, 0.1) is 5.60 Å². The number of methoxy groups -OCH3 is 1. The third-order valence-corrected chi connectivity index (χ3v) is 3.74. The van der Waals surface area contributed by atoms with Crippen LogP contribution in [-0.2, 0) is 4.74 Å². The highest BCUT2D eigenvalue weighted by atomic mass is 32.1. The molecule has 0 spiro atoms. The number of aromatic nitrogens is 1. The third-order valence-electron chi connectivity index (χ3n) is 2.86. The zero-order chi connectivity index (χ0) is 13.0. The summed E-state index contributed by atoms with van der Waals surface area (Å²) in [5, 5.41) is 16.5. The van der Waals surface area contributed by atoms with Crippen LogP contribution in [0.5, 0.6) is 0 Å². The number of nitrogens with zero attached hydrogens (tertiary/aromatic N) is 1. The van der Waals surface area contributed by atoms with Gasteiger partial charge in [-0.3, -0.25) is 0 Å². The number of fused-ring (bicyclic) bond motifs is 1. The van der Waals surface area contributed by atoms with Gasteiger partial charge in [0.2, 0.25) is 0 Å². The number of anilines is 1. The van der Waals surface area contributed by atoms with Crippen LogP contribution >= 0.6 is 11.3 Å². The Labute approximate surface area is 111 Å². The van der Waals surface area contributed by atoms with Crippen LogP contribution in [0.25, 0.3) is 10.1 Å². The molecule has 0 aliphatic rings. The molecule has 2 aromatic rings. The highest BCUT2D eigenvalue weighted by Gasteiger charge is 2.20. The molecule has 2 aromatic heterocycles. The van der Waals surface area contributed by atoms with E-state index in [-0.39, 0.29) is 0 Å². The Bertz CT molecular complexity index is 510. The molecule has 0 amide bonds. The van der Waals surface area contributed by atoms with Crippen molar-refractivity contribution in [2.45, 2.75) is 18.9 Å². The number of hydrogen-bond donors (Lipinski definition) is 2. The van der Waals surface area contributed by atoms with Crippen molar-refractivity contribution >= 4 is 27.2 Å². The average Bonchev–Trinajstić information content (AvgIpc) is 2.82. The lowest BCUT2D eigenvalue weighted by atomic mass is 10.0. The minimum Gasteiger partial charge on any atom is -0.388 e. The quantitative estimate of drug-likeness (QED) is 0.843. The molecule has 0 saturated carbocycles. The molecule has 0 aliphatic heterocycles. The fraction of sp³-hybridized carbons (Fsp3) is 0.462. The molecular formula is C13H18N2O2S. The zero-order valence-corrected chi connectivity index (χ0v) is 11.5. The van der Waals surface area contributed by atoms with Gasteiger partial charge in [-0.25, -0.2) is 4.98 Å². The minimum atomic E-state index is -0.796. The van der Waals surface area contributed by atoms with E-state index in [0.29, 0.717) is 19.6 Å². The molecule has 98 valence electrons. The van der Waals surface area contributed by atoms with Gasteiger partial charge >= 0.3 is 0 Å². The predicted molar refractivity (Wildman–Crippen MR) is 75.2 cm³/mol. The largest absolute Gasteiger partial charge is 0.388 e. The van der Waals surface area contributed by atoms with Crippen LogP contribution in [0.4, 0.5) is 5.82 Å². The Kier molecular flexibility index (Phi) is 4.16. The molecule has 4 nitrogen and oxygen atoms in total. The lowest BCUT2D eigenvalue weighted by Gasteiger charge is -2.23. The van der Waals surface area contributed by atoms with Crippen molar-refractivity contribution in [1.29, 1.82) is 0 Å². The molecule has 2 heterocycles. The van der Waals surface area contributed by atoms with Crippen LogP contribution in [-0.4, -0.2) is 36.0 Å². The lowest BCUT2D eigenvalue weighted by Crippen LogP contribution is -2.34. The molecule has 0 aliphatic carbocycles. The number of thiophene rings is 1. The molecule has 0 bridgehead atoms. The third kappa shape index (κ3) is 3.19. The molecule has 5 heteroatoms. The maximum Gasteiger partial charge on any atom is 0.134 e. The summed E-state index contributed by atoms with van der Waals surface area (Å²) in [7, 11) is 1.64. The highest BCUT2D eigenvalue weighted by molar-refractivity contribution is 7.17. The second-order valence-corrected chi connectivity index (χ2v) is 5.53. The van der Waals surface area contributed by atoms with Gasteiger partial charge in [0, 0.05) is 43.0 Å². The van der Waals surface area contributed by atoms with Gasteiger partial charge in [-0.2, -0.15) is 0 Å². The van der Waals surface area contributed by atoms with Gasteiger partial charge in [0.15, 0.2) is 0 Å². The van der Waals surface area contributed by atoms with Crippen molar-refractivity contribution in [1.82, 2.24) is 4.98 Å². The molecular weight excluding hydrogens is 248 g/mol. The topological polar surface area (TPSA) is 54.4 Å². The van der Waals surface area contributed by atoms with Gasteiger partial charge in [-0.1, -0.05) is 0 Å². The predicted octanol–water partition coefficient (Wildman–Crippen LogP) is 2.50. The Morgan fingerprint density at radius 3 is 3.11 bits per heavy atom. The summed E-state index contributed by atoms with van der Waals surface area (Å²) < 4.78 is 6.18. The van der Waals surface area contributed by atoms with E-state index in [1.165, 1.54) is 4.70 Å². The van der Waals surface area contributed by atoms with Gasteiger partial charge in [0.1, 0.15) is 5.82 Å². The fourth-order valence-electron chi connectivity index (χ4n) is 1.72. The van der Waals surface area contributed by atoms with Gasteiger partial charge in [0.25, 0.3) is 0 Å². The smallest absolute Gasteiger partial charge is 0.134 e. The summed E-state index contributed by atoms with van der Waals surface area (Å²) in [6, 6.07) is 4.04. The molecule has 1 unspecified atom stereocenters. The Morgan fingerprint density at radius 1 is 1.50 bits per heavy atom. The Hall–Kier alpha value is -1.17. The van der Waals surface area contributed by atoms with E-state index in [9.17, 15) is 5.11 Å². The van der Waals surface area contributed by atoms with Crippen molar-refractivity contribution in [3.63, 3.8) is 0 Å². The first-order chi connectivity index (χ1) is 8.62. The summed E-state index contributed by atoms with van der Waals surface area (Å²) in [6.07, 6.45) is 2.38. The van der Waals surface area contributed by atoms with Gasteiger partial charge in [-0.05, 0) is 24.4 Å². The fourth-order valence-corrected chi connectivity index (χ4v) is 2.50. The first-order valence-electron chi connectivity index (χ1n) is 5.90. The minimum absolute atomic E-state index is 0.457. The summed E-state index contributed by atoms with van der Waals surface area (Å²) in [4.78, 5) is 4.32. The van der Waals surface area contributed by atoms with E-state index in [2.05, 4.69) is 10.3 Å². The van der Waals surface area contributed by atoms with Crippen LogP contribution < -0.4 is 5.32 Å². The lowest BCUT2D eigenvalue weighted by molar-refractivity contribution is 0.0357. The first-order valence-corrected chi connectivity index (χ1v) is 6.78. The zero-order valence-electron chi connectivity index (χ0n) is 10.6. The Morgan fingerprint density at radius 2 is 2.33 bits per heavy atom. The van der Waals surface area contributed by atoms with Crippen molar-refractivity contribution in [3.05, 3.63) is 23.7 Å². The number of nitrogens with one attached hydrogen (secondary N) is 1. The van der Waals surface area contributed by atoms with Gasteiger partial charge in [-0.15, -0.1) is 11.3 Å². The normalized spacial score (nSPS) is 14.6. The molecule has 0 saturated heterocycles. The average molecular weight is 266 g/mol. The van der Waals surface area contributed by atoms with Crippen molar-refractivity contribution in [2.24, 2.45) is 0 Å². The molecule has 1 atom stereocenters. The molecule has 0 radical (unpaired) electrons. The first kappa shape index (κ1) is 13.3. The number of hydrogen-bond acceptors (Lipinski definition) is 5. The molecule has 0 aromatic carbocycles. The van der Waals surface area contributed by atoms with Crippen LogP contribution in [0.2, 0.25) is 0 Å². The number of aliphatic hydroxyl groups is 1. The van der Waals surface area contributed by atoms with Crippen molar-refractivity contribution in [3.8, 4) is 0 Å². The molecule has 2 rings (SSSR count). The summed E-state index contributed by atoms with van der Waals surface area (Å²) in [6.45, 7) is 2.80. The number of ether oxygens (including phenoxy) is 1. The van der Waals surface area contributed by atoms with Crippen molar-refractivity contribution < 1.29 is 9.84 Å². The molecule has 2 N–H and O–H groups in total. The van der Waals surface area contributed by atoms with E-state index in [1.807, 2.05) is 17.5 Å². The second-order valence-electron chi connectivity index (χ2n) is 4.59. The number of pyridine rings is 1.